The van der Waals surface area contributed by atoms with Crippen LogP contribution in [0.25, 0.3) is 17.7 Å². The molecule has 0 aromatic heterocycles. The lowest BCUT2D eigenvalue weighted by atomic mass is 9.86. The van der Waals surface area contributed by atoms with Crippen molar-refractivity contribution < 1.29 is 18.0 Å². The Morgan fingerprint density at radius 3 is 2.29 bits per heavy atom. The molecule has 3 aliphatic rings. The lowest BCUT2D eigenvalue weighted by Gasteiger charge is -2.31. The van der Waals surface area contributed by atoms with Crippen molar-refractivity contribution in [2.75, 3.05) is 13.1 Å². The molecule has 1 saturated carbocycles. The van der Waals surface area contributed by atoms with E-state index in [0.717, 1.165) is 53.5 Å². The lowest BCUT2D eigenvalue weighted by molar-refractivity contribution is -0.132. The molecule has 160 valence electrons. The minimum atomic E-state index is -4.32. The van der Waals surface area contributed by atoms with Crippen molar-refractivity contribution in [3.8, 4) is 0 Å². The number of halogens is 3. The third-order valence-corrected chi connectivity index (χ3v) is 6.88. The van der Waals surface area contributed by atoms with Crippen LogP contribution in [0.4, 0.5) is 13.2 Å². The Morgan fingerprint density at radius 1 is 0.935 bits per heavy atom. The van der Waals surface area contributed by atoms with Crippen LogP contribution in [0, 0.1) is 5.92 Å². The van der Waals surface area contributed by atoms with E-state index in [4.69, 9.17) is 0 Å². The van der Waals surface area contributed by atoms with Crippen molar-refractivity contribution >= 4 is 35.4 Å². The second-order valence-corrected chi connectivity index (χ2v) is 9.43. The zero-order valence-corrected chi connectivity index (χ0v) is 17.7. The lowest BCUT2D eigenvalue weighted by Crippen LogP contribution is -2.37. The van der Waals surface area contributed by atoms with E-state index in [-0.39, 0.29) is 28.5 Å². The molecule has 1 heterocycles. The summed E-state index contributed by atoms with van der Waals surface area (Å²) >= 11 is -0.0748. The average Bonchev–Trinajstić information content (AvgIpc) is 3.59. The molecule has 2 nitrogen and oxygen atoms in total. The quantitative estimate of drug-likeness (QED) is 0.417. The molecule has 1 aliphatic heterocycles. The molecular formula is C25H22F3NOS. The number of piperidine rings is 1. The predicted molar refractivity (Wildman–Crippen MR) is 118 cm³/mol. The van der Waals surface area contributed by atoms with Gasteiger partial charge in [0.15, 0.2) is 0 Å². The number of hydrogen-bond acceptors (Lipinski definition) is 2. The van der Waals surface area contributed by atoms with Gasteiger partial charge in [-0.15, -0.1) is 0 Å². The Bertz CT molecular complexity index is 1090. The monoisotopic (exact) mass is 441 g/mol. The molecule has 0 unspecified atom stereocenters. The second kappa shape index (κ2) is 7.90. The summed E-state index contributed by atoms with van der Waals surface area (Å²) in [6.45, 7) is 1.35. The normalized spacial score (nSPS) is 18.5. The third-order valence-electron chi connectivity index (χ3n) is 6.16. The van der Waals surface area contributed by atoms with Crippen molar-refractivity contribution in [3.63, 3.8) is 0 Å². The summed E-state index contributed by atoms with van der Waals surface area (Å²) in [6, 6.07) is 13.0. The SMILES string of the molecule is O=C(C1CC1)N1CCC(=C2c3ccccc3C=Cc3ccc(SC(F)(F)F)cc32)CC1. The van der Waals surface area contributed by atoms with Crippen molar-refractivity contribution in [3.05, 3.63) is 70.3 Å². The second-order valence-electron chi connectivity index (χ2n) is 8.30. The molecule has 2 aromatic rings. The van der Waals surface area contributed by atoms with E-state index in [1.54, 1.807) is 12.1 Å². The van der Waals surface area contributed by atoms with Crippen LogP contribution in [-0.4, -0.2) is 29.4 Å². The van der Waals surface area contributed by atoms with Gasteiger partial charge in [0.25, 0.3) is 0 Å². The number of amides is 1. The number of alkyl halides is 3. The number of nitrogens with zero attached hydrogens (tertiary/aromatic N) is 1. The van der Waals surface area contributed by atoms with Crippen molar-refractivity contribution in [1.29, 1.82) is 0 Å². The Kier molecular flexibility index (Phi) is 5.21. The molecule has 0 atom stereocenters. The Morgan fingerprint density at radius 2 is 1.61 bits per heavy atom. The van der Waals surface area contributed by atoms with E-state index in [9.17, 15) is 18.0 Å². The highest BCUT2D eigenvalue weighted by molar-refractivity contribution is 8.00. The Hall–Kier alpha value is -2.47. The fourth-order valence-electron chi connectivity index (χ4n) is 4.51. The topological polar surface area (TPSA) is 20.3 Å². The van der Waals surface area contributed by atoms with Crippen molar-refractivity contribution in [2.24, 2.45) is 5.92 Å². The summed E-state index contributed by atoms with van der Waals surface area (Å²) in [5.41, 5.74) is 1.78. The Balaban J connectivity index is 1.57. The first kappa shape index (κ1) is 20.4. The number of rotatable bonds is 2. The van der Waals surface area contributed by atoms with Gasteiger partial charge in [-0.25, -0.2) is 0 Å². The van der Waals surface area contributed by atoms with Crippen molar-refractivity contribution in [2.45, 2.75) is 36.1 Å². The van der Waals surface area contributed by atoms with Gasteiger partial charge in [0, 0.05) is 23.9 Å². The average molecular weight is 442 g/mol. The van der Waals surface area contributed by atoms with E-state index in [1.165, 1.54) is 11.6 Å². The Labute approximate surface area is 183 Å². The zero-order chi connectivity index (χ0) is 21.6. The number of thioether (sulfide) groups is 1. The van der Waals surface area contributed by atoms with Crippen LogP contribution in [0.1, 0.15) is 47.9 Å². The highest BCUT2D eigenvalue weighted by Crippen LogP contribution is 2.43. The largest absolute Gasteiger partial charge is 0.446 e. The fourth-order valence-corrected chi connectivity index (χ4v) is 5.09. The summed E-state index contributed by atoms with van der Waals surface area (Å²) < 4.78 is 39.1. The molecule has 0 spiro atoms. The number of benzene rings is 2. The molecular weight excluding hydrogens is 419 g/mol. The van der Waals surface area contributed by atoms with Gasteiger partial charge < -0.3 is 4.90 Å². The zero-order valence-electron chi connectivity index (χ0n) is 16.9. The molecule has 31 heavy (non-hydrogen) atoms. The molecule has 6 heteroatoms. The van der Waals surface area contributed by atoms with Crippen LogP contribution in [0.15, 0.2) is 52.9 Å². The third kappa shape index (κ3) is 4.31. The van der Waals surface area contributed by atoms with Crippen LogP contribution >= 0.6 is 11.8 Å². The van der Waals surface area contributed by atoms with Crippen LogP contribution in [0.5, 0.6) is 0 Å². The molecule has 2 fully saturated rings. The predicted octanol–water partition coefficient (Wildman–Crippen LogP) is 6.62. The maximum Gasteiger partial charge on any atom is 0.446 e. The van der Waals surface area contributed by atoms with Gasteiger partial charge in [-0.05, 0) is 77.4 Å². The molecule has 0 radical (unpaired) electrons. The summed E-state index contributed by atoms with van der Waals surface area (Å²) in [5, 5.41) is 0. The number of likely N-dealkylation sites (tertiary alicyclic amines) is 1. The maximum atomic E-state index is 13.0. The summed E-state index contributed by atoms with van der Waals surface area (Å²) in [7, 11) is 0. The smallest absolute Gasteiger partial charge is 0.342 e. The van der Waals surface area contributed by atoms with Gasteiger partial charge in [0.05, 0.1) is 0 Å². The number of carbonyl (C=O) groups excluding carboxylic acids is 1. The molecule has 0 bridgehead atoms. The number of fused-ring (bicyclic) bond motifs is 2. The molecule has 1 saturated heterocycles. The molecule has 1 amide bonds. The number of hydrogen-bond donors (Lipinski definition) is 0. The van der Waals surface area contributed by atoms with Gasteiger partial charge >= 0.3 is 5.51 Å². The highest BCUT2D eigenvalue weighted by atomic mass is 32.2. The summed E-state index contributed by atoms with van der Waals surface area (Å²) in [6.07, 6.45) is 7.50. The molecule has 5 rings (SSSR count). The molecule has 2 aliphatic carbocycles. The molecule has 2 aromatic carbocycles. The van der Waals surface area contributed by atoms with Gasteiger partial charge in [-0.1, -0.05) is 48.1 Å². The van der Waals surface area contributed by atoms with Crippen LogP contribution < -0.4 is 0 Å². The number of carbonyl (C=O) groups is 1. The minimum absolute atomic E-state index is 0.0748. The van der Waals surface area contributed by atoms with E-state index in [2.05, 4.69) is 0 Å². The van der Waals surface area contributed by atoms with E-state index in [0.29, 0.717) is 13.1 Å². The van der Waals surface area contributed by atoms with E-state index >= 15 is 0 Å². The van der Waals surface area contributed by atoms with Crippen molar-refractivity contribution in [1.82, 2.24) is 4.90 Å². The van der Waals surface area contributed by atoms with E-state index < -0.39 is 5.51 Å². The van der Waals surface area contributed by atoms with Gasteiger partial charge in [0.1, 0.15) is 0 Å². The first-order valence-electron chi connectivity index (χ1n) is 10.6. The summed E-state index contributed by atoms with van der Waals surface area (Å²) in [5.74, 6) is 0.468. The fraction of sp³-hybridized carbons (Fsp3) is 0.320. The maximum absolute atomic E-state index is 13.0. The summed E-state index contributed by atoms with van der Waals surface area (Å²) in [4.78, 5) is 14.6. The van der Waals surface area contributed by atoms with Gasteiger partial charge in [0.2, 0.25) is 5.91 Å². The van der Waals surface area contributed by atoms with Crippen LogP contribution in [-0.2, 0) is 4.79 Å². The minimum Gasteiger partial charge on any atom is -0.342 e. The first-order valence-corrected chi connectivity index (χ1v) is 11.4. The standard InChI is InChI=1S/C25H22F3NOS/c26-25(27,28)31-20-10-9-17-6-5-16-3-1-2-4-21(16)23(22(17)15-20)18-11-13-29(14-12-18)24(30)19-7-8-19/h1-6,9-10,15,19H,7-8,11-14H2. The van der Waals surface area contributed by atoms with Crippen LogP contribution in [0.3, 0.4) is 0 Å². The first-order chi connectivity index (χ1) is 14.9. The van der Waals surface area contributed by atoms with Gasteiger partial charge in [-0.3, -0.25) is 4.79 Å². The van der Waals surface area contributed by atoms with Crippen LogP contribution in [0.2, 0.25) is 0 Å². The molecule has 0 N–H and O–H groups in total. The van der Waals surface area contributed by atoms with Gasteiger partial charge in [-0.2, -0.15) is 13.2 Å². The highest BCUT2D eigenvalue weighted by Gasteiger charge is 2.35. The van der Waals surface area contributed by atoms with E-state index in [1.807, 2.05) is 41.3 Å².